The predicted molar refractivity (Wildman–Crippen MR) is 164 cm³/mol. The van der Waals surface area contributed by atoms with Gasteiger partial charge >= 0.3 is 11.7 Å². The van der Waals surface area contributed by atoms with Crippen molar-refractivity contribution in [1.29, 1.82) is 0 Å². The summed E-state index contributed by atoms with van der Waals surface area (Å²) >= 11 is 0. The Morgan fingerprint density at radius 2 is 1.52 bits per heavy atom. The van der Waals surface area contributed by atoms with E-state index in [0.29, 0.717) is 0 Å². The van der Waals surface area contributed by atoms with E-state index in [1.807, 2.05) is 26.2 Å². The number of aromatic nitrogens is 2. The van der Waals surface area contributed by atoms with Crippen molar-refractivity contribution in [3.63, 3.8) is 0 Å². The molecule has 0 amide bonds. The molecule has 1 fully saturated rings. The summed E-state index contributed by atoms with van der Waals surface area (Å²) in [4.78, 5) is 43.1. The highest BCUT2D eigenvalue weighted by atomic mass is 28.4. The summed E-state index contributed by atoms with van der Waals surface area (Å²) in [6.07, 6.45) is -4.78. The minimum atomic E-state index is -2.61. The van der Waals surface area contributed by atoms with E-state index in [1.54, 1.807) is 20.8 Å². The molecule has 2 rings (SSSR count). The van der Waals surface area contributed by atoms with Crippen molar-refractivity contribution in [2.24, 2.45) is 5.11 Å². The number of azide groups is 1. The van der Waals surface area contributed by atoms with Crippen molar-refractivity contribution >= 4 is 22.6 Å². The zero-order chi connectivity index (χ0) is 32.6. The van der Waals surface area contributed by atoms with Crippen LogP contribution >= 0.6 is 0 Å². The van der Waals surface area contributed by atoms with Crippen molar-refractivity contribution in [3.8, 4) is 0 Å². The van der Waals surface area contributed by atoms with Crippen LogP contribution in [0.4, 0.5) is 0 Å². The number of esters is 1. The van der Waals surface area contributed by atoms with Crippen molar-refractivity contribution in [2.75, 3.05) is 0 Å². The second-order valence-corrected chi connectivity index (χ2v) is 24.4. The molecule has 2 N–H and O–H groups in total. The molecule has 0 saturated carbocycles. The SMILES string of the molecule is CC(C)(C)OC(=O)[C@H](N=[N+]=[N-])[C@H](O)[C@H]1O[C@@H](n2ccc(=O)[nH]c2=O)C(O[Si](C)(C)C(C)(C)C)C1O[Si](C)(C)C(C)(C)C. The Labute approximate surface area is 249 Å². The Kier molecular flexibility index (Phi) is 10.6. The third-order valence-corrected chi connectivity index (χ3v) is 17.3. The molecule has 1 aliphatic rings. The van der Waals surface area contributed by atoms with Crippen LogP contribution in [0.3, 0.4) is 0 Å². The molecular formula is C27H49N5O8Si2. The Hall–Kier alpha value is -2.27. The van der Waals surface area contributed by atoms with E-state index in [0.717, 1.165) is 0 Å². The Bertz CT molecular complexity index is 1290. The number of carbonyl (C=O) groups is 1. The topological polar surface area (TPSA) is 178 Å². The van der Waals surface area contributed by atoms with Gasteiger partial charge in [0.2, 0.25) is 0 Å². The molecule has 15 heteroatoms. The molecule has 0 bridgehead atoms. The molecule has 238 valence electrons. The second-order valence-electron chi connectivity index (χ2n) is 14.9. The minimum Gasteiger partial charge on any atom is -0.460 e. The number of carbonyl (C=O) groups excluding carboxylic acids is 1. The van der Waals surface area contributed by atoms with Gasteiger partial charge in [0.25, 0.3) is 5.56 Å². The van der Waals surface area contributed by atoms with Gasteiger partial charge in [-0.1, -0.05) is 46.7 Å². The molecule has 13 nitrogen and oxygen atoms in total. The van der Waals surface area contributed by atoms with E-state index in [1.165, 1.54) is 16.8 Å². The summed E-state index contributed by atoms with van der Waals surface area (Å²) in [5, 5.41) is 14.7. The van der Waals surface area contributed by atoms with Crippen molar-refractivity contribution in [3.05, 3.63) is 43.5 Å². The second kappa shape index (κ2) is 12.4. The molecular weight excluding hydrogens is 578 g/mol. The molecule has 1 saturated heterocycles. The number of nitrogens with zero attached hydrogens (tertiary/aromatic N) is 4. The predicted octanol–water partition coefficient (Wildman–Crippen LogP) is 4.60. The maximum absolute atomic E-state index is 13.1. The van der Waals surface area contributed by atoms with Gasteiger partial charge in [-0.3, -0.25) is 19.1 Å². The highest BCUT2D eigenvalue weighted by Gasteiger charge is 2.57. The lowest BCUT2D eigenvalue weighted by Gasteiger charge is -2.44. The first-order chi connectivity index (χ1) is 18.8. The summed E-state index contributed by atoms with van der Waals surface area (Å²) in [7, 11) is -5.20. The number of aliphatic hydroxyl groups is 1. The zero-order valence-electron chi connectivity index (χ0n) is 27.2. The van der Waals surface area contributed by atoms with E-state index in [-0.39, 0.29) is 10.1 Å². The molecule has 2 heterocycles. The maximum atomic E-state index is 13.1. The van der Waals surface area contributed by atoms with E-state index < -0.39 is 76.1 Å². The molecule has 0 aromatic carbocycles. The summed E-state index contributed by atoms with van der Waals surface area (Å²) in [5.41, 5.74) is 7.05. The van der Waals surface area contributed by atoms with Gasteiger partial charge in [0.1, 0.15) is 30.0 Å². The zero-order valence-corrected chi connectivity index (χ0v) is 29.2. The first-order valence-corrected chi connectivity index (χ1v) is 19.9. The number of aliphatic hydroxyl groups excluding tert-OH is 1. The molecule has 1 aromatic heterocycles. The van der Waals surface area contributed by atoms with Gasteiger partial charge in [0.15, 0.2) is 28.9 Å². The summed E-state index contributed by atoms with van der Waals surface area (Å²) in [6, 6.07) is -0.491. The van der Waals surface area contributed by atoms with Gasteiger partial charge in [-0.05, 0) is 62.6 Å². The summed E-state index contributed by atoms with van der Waals surface area (Å²) in [6.45, 7) is 25.4. The number of hydrogen-bond donors (Lipinski definition) is 2. The molecule has 42 heavy (non-hydrogen) atoms. The Morgan fingerprint density at radius 1 is 1.02 bits per heavy atom. The summed E-state index contributed by atoms with van der Waals surface area (Å²) < 4.78 is 26.8. The van der Waals surface area contributed by atoms with Crippen LogP contribution in [0.15, 0.2) is 27.0 Å². The normalized spacial score (nSPS) is 23.7. The fourth-order valence-corrected chi connectivity index (χ4v) is 6.52. The number of aromatic amines is 1. The molecule has 0 aliphatic carbocycles. The number of nitrogens with one attached hydrogen (secondary N) is 1. The average Bonchev–Trinajstić information content (AvgIpc) is 3.10. The fourth-order valence-electron chi connectivity index (χ4n) is 3.94. The number of hydrogen-bond acceptors (Lipinski definition) is 9. The largest absolute Gasteiger partial charge is 0.460 e. The fraction of sp³-hybridized carbons (Fsp3) is 0.815. The third kappa shape index (κ3) is 8.21. The molecule has 6 atom stereocenters. The van der Waals surface area contributed by atoms with Crippen LogP contribution in [0, 0.1) is 0 Å². The van der Waals surface area contributed by atoms with Crippen LogP contribution in [-0.2, 0) is 23.1 Å². The summed E-state index contributed by atoms with van der Waals surface area (Å²) in [5.74, 6) is -0.936. The number of ether oxygens (including phenoxy) is 2. The molecule has 2 unspecified atom stereocenters. The lowest BCUT2D eigenvalue weighted by molar-refractivity contribution is -0.164. The minimum absolute atomic E-state index is 0.254. The van der Waals surface area contributed by atoms with E-state index in [4.69, 9.17) is 18.3 Å². The molecule has 1 aliphatic heterocycles. The smallest absolute Gasteiger partial charge is 0.330 e. The van der Waals surface area contributed by atoms with Gasteiger partial charge in [-0.15, -0.1) is 0 Å². The van der Waals surface area contributed by atoms with Gasteiger partial charge < -0.3 is 23.4 Å². The monoisotopic (exact) mass is 627 g/mol. The van der Waals surface area contributed by atoms with Gasteiger partial charge in [0, 0.05) is 17.2 Å². The van der Waals surface area contributed by atoms with Crippen molar-refractivity contribution in [2.45, 2.75) is 141 Å². The Balaban J connectivity index is 2.80. The van der Waals surface area contributed by atoms with Gasteiger partial charge in [-0.25, -0.2) is 4.79 Å². The molecule has 1 aromatic rings. The standard InChI is InChI=1S/C27H49N5O8Si2/c1-25(2,3)38-23(35)17(30-31-28)18(34)19-20(39-41(10,11)26(4,5)6)21(40-42(12,13)27(7,8)9)22(37-19)32-15-14-16(33)29-24(32)36/h14-15,17-22,34H,1-13H3,(H,29,33,36)/t17-,18+,19-,20?,21?,22-/m1/s1. The van der Waals surface area contributed by atoms with Crippen LogP contribution < -0.4 is 11.2 Å². The van der Waals surface area contributed by atoms with Crippen molar-refractivity contribution < 1.29 is 28.2 Å². The van der Waals surface area contributed by atoms with Crippen molar-refractivity contribution in [1.82, 2.24) is 9.55 Å². The lowest BCUT2D eigenvalue weighted by atomic mass is 10.00. The van der Waals surface area contributed by atoms with Crippen LogP contribution in [-0.4, -0.2) is 73.3 Å². The number of H-pyrrole nitrogens is 1. The quantitative estimate of drug-likeness (QED) is 0.131. The van der Waals surface area contributed by atoms with E-state index in [9.17, 15) is 25.0 Å². The van der Waals surface area contributed by atoms with Crippen LogP contribution in [0.2, 0.25) is 36.3 Å². The maximum Gasteiger partial charge on any atom is 0.330 e. The van der Waals surface area contributed by atoms with Gasteiger partial charge in [-0.2, -0.15) is 0 Å². The number of rotatable bonds is 9. The van der Waals surface area contributed by atoms with Gasteiger partial charge in [0.05, 0.1) is 0 Å². The highest BCUT2D eigenvalue weighted by molar-refractivity contribution is 6.74. The van der Waals surface area contributed by atoms with E-state index >= 15 is 0 Å². The third-order valence-electron chi connectivity index (χ3n) is 8.31. The molecule has 0 radical (unpaired) electrons. The first kappa shape index (κ1) is 35.9. The molecule has 0 spiro atoms. The van der Waals surface area contributed by atoms with E-state index in [2.05, 4.69) is 56.6 Å². The average molecular weight is 628 g/mol. The highest BCUT2D eigenvalue weighted by Crippen LogP contribution is 2.46. The van der Waals surface area contributed by atoms with Crippen LogP contribution in [0.1, 0.15) is 68.5 Å². The Morgan fingerprint density at radius 3 is 1.95 bits per heavy atom. The lowest BCUT2D eigenvalue weighted by Crippen LogP contribution is -2.56. The van der Waals surface area contributed by atoms with Crippen LogP contribution in [0.5, 0.6) is 0 Å². The first-order valence-electron chi connectivity index (χ1n) is 14.1. The van der Waals surface area contributed by atoms with Crippen LogP contribution in [0.25, 0.3) is 10.4 Å².